The SMILES string of the molecule is COc1ccc(CNC(=O)c2cn3c(=O)n(Cc4ccc(F)c(Cl)c4)c(=O)c(C)c3s2)cn1. The van der Waals surface area contributed by atoms with E-state index in [0.29, 0.717) is 21.8 Å². The molecule has 4 rings (SSSR count). The first-order valence-electron chi connectivity index (χ1n) is 9.75. The summed E-state index contributed by atoms with van der Waals surface area (Å²) in [7, 11) is 1.51. The zero-order valence-electron chi connectivity index (χ0n) is 17.6. The molecule has 0 saturated heterocycles. The third-order valence-corrected chi connectivity index (χ3v) is 6.50. The molecule has 1 aromatic carbocycles. The second-order valence-electron chi connectivity index (χ2n) is 7.21. The molecular formula is C22H18ClFN4O4S. The van der Waals surface area contributed by atoms with Crippen LogP contribution in [0.4, 0.5) is 4.39 Å². The highest BCUT2D eigenvalue weighted by atomic mass is 35.5. The Kier molecular flexibility index (Phi) is 6.30. The van der Waals surface area contributed by atoms with Crippen molar-refractivity contribution in [3.05, 3.63) is 96.0 Å². The number of carbonyl (C=O) groups excluding carboxylic acids is 1. The van der Waals surface area contributed by atoms with Gasteiger partial charge in [-0.1, -0.05) is 23.7 Å². The van der Waals surface area contributed by atoms with Gasteiger partial charge < -0.3 is 10.1 Å². The molecule has 33 heavy (non-hydrogen) atoms. The second-order valence-corrected chi connectivity index (χ2v) is 8.65. The molecule has 1 amide bonds. The van der Waals surface area contributed by atoms with Crippen LogP contribution < -0.4 is 21.3 Å². The van der Waals surface area contributed by atoms with E-state index in [-0.39, 0.29) is 28.9 Å². The smallest absolute Gasteiger partial charge is 0.336 e. The maximum atomic E-state index is 13.4. The molecule has 4 aromatic rings. The molecule has 8 nitrogen and oxygen atoms in total. The minimum Gasteiger partial charge on any atom is -0.481 e. The van der Waals surface area contributed by atoms with Crippen LogP contribution in [0, 0.1) is 12.7 Å². The Morgan fingerprint density at radius 1 is 1.24 bits per heavy atom. The number of aryl methyl sites for hydroxylation is 1. The van der Waals surface area contributed by atoms with Gasteiger partial charge in [-0.3, -0.25) is 18.6 Å². The number of benzene rings is 1. The third kappa shape index (κ3) is 4.53. The van der Waals surface area contributed by atoms with E-state index in [2.05, 4.69) is 10.3 Å². The molecule has 11 heteroatoms. The summed E-state index contributed by atoms with van der Waals surface area (Å²) in [5, 5.41) is 2.68. The molecule has 0 aliphatic heterocycles. The van der Waals surface area contributed by atoms with Crippen molar-refractivity contribution in [2.45, 2.75) is 20.0 Å². The Bertz CT molecular complexity index is 1480. The molecule has 0 aliphatic carbocycles. The summed E-state index contributed by atoms with van der Waals surface area (Å²) in [6.07, 6.45) is 3.00. The molecule has 0 fully saturated rings. The number of halogens is 2. The van der Waals surface area contributed by atoms with Gasteiger partial charge in [0, 0.05) is 30.6 Å². The topological polar surface area (TPSA) is 94.7 Å². The van der Waals surface area contributed by atoms with E-state index in [1.54, 1.807) is 25.3 Å². The van der Waals surface area contributed by atoms with Gasteiger partial charge in [-0.15, -0.1) is 11.3 Å². The average molecular weight is 489 g/mol. The van der Waals surface area contributed by atoms with E-state index >= 15 is 0 Å². The number of methoxy groups -OCH3 is 1. The summed E-state index contributed by atoms with van der Waals surface area (Å²) in [5.41, 5.74) is 0.512. The molecule has 0 spiro atoms. The van der Waals surface area contributed by atoms with Crippen molar-refractivity contribution in [2.24, 2.45) is 0 Å². The first-order valence-corrected chi connectivity index (χ1v) is 10.9. The normalized spacial score (nSPS) is 11.0. The number of fused-ring (bicyclic) bond motifs is 1. The monoisotopic (exact) mass is 488 g/mol. The van der Waals surface area contributed by atoms with Crippen molar-refractivity contribution in [3.63, 3.8) is 0 Å². The van der Waals surface area contributed by atoms with Crippen LogP contribution in [0.2, 0.25) is 5.02 Å². The molecule has 0 unspecified atom stereocenters. The van der Waals surface area contributed by atoms with Crippen molar-refractivity contribution in [1.29, 1.82) is 0 Å². The molecular weight excluding hydrogens is 471 g/mol. The first kappa shape index (κ1) is 22.7. The van der Waals surface area contributed by atoms with E-state index in [4.69, 9.17) is 16.3 Å². The number of rotatable bonds is 6. The van der Waals surface area contributed by atoms with Crippen LogP contribution in [-0.2, 0) is 13.1 Å². The number of hydrogen-bond donors (Lipinski definition) is 1. The molecule has 0 atom stereocenters. The van der Waals surface area contributed by atoms with Crippen molar-refractivity contribution >= 4 is 33.7 Å². The Hall–Kier alpha value is -3.50. The van der Waals surface area contributed by atoms with Gasteiger partial charge in [0.1, 0.15) is 15.5 Å². The fourth-order valence-corrected chi connectivity index (χ4v) is 4.44. The highest BCUT2D eigenvalue weighted by Crippen LogP contribution is 2.19. The lowest BCUT2D eigenvalue weighted by Crippen LogP contribution is -2.38. The number of ether oxygens (including phenoxy) is 1. The van der Waals surface area contributed by atoms with Crippen LogP contribution in [0.1, 0.15) is 26.4 Å². The number of aromatic nitrogens is 3. The molecule has 170 valence electrons. The van der Waals surface area contributed by atoms with Gasteiger partial charge >= 0.3 is 5.69 Å². The fraction of sp³-hybridized carbons (Fsp3) is 0.182. The maximum Gasteiger partial charge on any atom is 0.336 e. The Morgan fingerprint density at radius 2 is 2.00 bits per heavy atom. The third-order valence-electron chi connectivity index (χ3n) is 5.00. The van der Waals surface area contributed by atoms with Gasteiger partial charge in [0.05, 0.1) is 18.7 Å². The van der Waals surface area contributed by atoms with Crippen molar-refractivity contribution in [3.8, 4) is 5.88 Å². The largest absolute Gasteiger partial charge is 0.481 e. The number of nitrogens with one attached hydrogen (secondary N) is 1. The second kappa shape index (κ2) is 9.16. The van der Waals surface area contributed by atoms with Crippen molar-refractivity contribution in [1.82, 2.24) is 19.3 Å². The highest BCUT2D eigenvalue weighted by Gasteiger charge is 2.18. The highest BCUT2D eigenvalue weighted by molar-refractivity contribution is 7.19. The van der Waals surface area contributed by atoms with E-state index < -0.39 is 17.1 Å². The number of hydrogen-bond acceptors (Lipinski definition) is 6. The lowest BCUT2D eigenvalue weighted by molar-refractivity contribution is 0.0954. The summed E-state index contributed by atoms with van der Waals surface area (Å²) in [6.45, 7) is 1.74. The minimum absolute atomic E-state index is 0.0801. The number of carbonyl (C=O) groups is 1. The minimum atomic E-state index is -0.601. The van der Waals surface area contributed by atoms with Gasteiger partial charge in [-0.25, -0.2) is 14.2 Å². The zero-order chi connectivity index (χ0) is 23.7. The lowest BCUT2D eigenvalue weighted by atomic mass is 10.2. The molecule has 0 radical (unpaired) electrons. The van der Waals surface area contributed by atoms with Crippen LogP contribution in [0.25, 0.3) is 4.83 Å². The standard InChI is InChI=1S/C22H18ClFN4O4S/c1-12-20(30)27(10-13-3-5-16(24)15(23)7-13)22(31)28-11-17(33-21(12)28)19(29)26-9-14-4-6-18(32-2)25-8-14/h3-8,11H,9-10H2,1-2H3,(H,26,29). The Labute approximate surface area is 195 Å². The van der Waals surface area contributed by atoms with Gasteiger partial charge in [0.15, 0.2) is 0 Å². The summed E-state index contributed by atoms with van der Waals surface area (Å²) in [5.74, 6) is -0.508. The molecule has 1 N–H and O–H groups in total. The van der Waals surface area contributed by atoms with E-state index in [1.807, 2.05) is 0 Å². The molecule has 0 saturated carbocycles. The van der Waals surface area contributed by atoms with Gasteiger partial charge in [0.2, 0.25) is 5.88 Å². The lowest BCUT2D eigenvalue weighted by Gasteiger charge is -2.08. The van der Waals surface area contributed by atoms with E-state index in [9.17, 15) is 18.8 Å². The zero-order valence-corrected chi connectivity index (χ0v) is 19.2. The predicted molar refractivity (Wildman–Crippen MR) is 123 cm³/mol. The quantitative estimate of drug-likeness (QED) is 0.450. The summed E-state index contributed by atoms with van der Waals surface area (Å²) < 4.78 is 20.8. The number of nitrogens with zero attached hydrogens (tertiary/aromatic N) is 3. The Balaban J connectivity index is 1.62. The van der Waals surface area contributed by atoms with Gasteiger partial charge in [0.25, 0.3) is 11.5 Å². The predicted octanol–water partition coefficient (Wildman–Crippen LogP) is 3.01. The van der Waals surface area contributed by atoms with Crippen LogP contribution in [0.3, 0.4) is 0 Å². The van der Waals surface area contributed by atoms with Crippen LogP contribution >= 0.6 is 22.9 Å². The number of thiazole rings is 1. The van der Waals surface area contributed by atoms with Gasteiger partial charge in [-0.05, 0) is 30.2 Å². The van der Waals surface area contributed by atoms with Crippen LogP contribution in [0.5, 0.6) is 5.88 Å². The van der Waals surface area contributed by atoms with Gasteiger partial charge in [-0.2, -0.15) is 0 Å². The van der Waals surface area contributed by atoms with Crippen molar-refractivity contribution in [2.75, 3.05) is 7.11 Å². The number of pyridine rings is 1. The summed E-state index contributed by atoms with van der Waals surface area (Å²) >= 11 is 6.87. The summed E-state index contributed by atoms with van der Waals surface area (Å²) in [4.78, 5) is 43.3. The van der Waals surface area contributed by atoms with E-state index in [1.165, 1.54) is 35.9 Å². The molecule has 3 aromatic heterocycles. The van der Waals surface area contributed by atoms with E-state index in [0.717, 1.165) is 21.5 Å². The first-order chi connectivity index (χ1) is 15.8. The molecule has 3 heterocycles. The van der Waals surface area contributed by atoms with Crippen molar-refractivity contribution < 1.29 is 13.9 Å². The summed E-state index contributed by atoms with van der Waals surface area (Å²) in [6, 6.07) is 7.47. The maximum absolute atomic E-state index is 13.4. The fourth-order valence-electron chi connectivity index (χ4n) is 3.24. The van der Waals surface area contributed by atoms with Crippen LogP contribution in [-0.4, -0.2) is 27.0 Å². The molecule has 0 aliphatic rings. The average Bonchev–Trinajstić information content (AvgIpc) is 3.27. The van der Waals surface area contributed by atoms with Crippen LogP contribution in [0.15, 0.2) is 52.3 Å². The Morgan fingerprint density at radius 3 is 2.67 bits per heavy atom. The molecule has 0 bridgehead atoms. The number of amides is 1.